The van der Waals surface area contributed by atoms with Crippen LogP contribution < -0.4 is 9.46 Å². The predicted molar refractivity (Wildman–Crippen MR) is 130 cm³/mol. The summed E-state index contributed by atoms with van der Waals surface area (Å²) < 4.78 is 55.1. The van der Waals surface area contributed by atoms with Crippen molar-refractivity contribution in [2.75, 3.05) is 18.4 Å². The number of pyridine rings is 1. The predicted octanol–water partition coefficient (Wildman–Crippen LogP) is 3.18. The van der Waals surface area contributed by atoms with E-state index in [0.717, 1.165) is 12.4 Å². The summed E-state index contributed by atoms with van der Waals surface area (Å²) in [5.41, 5.74) is 1.03. The van der Waals surface area contributed by atoms with Crippen molar-refractivity contribution >= 4 is 16.0 Å². The number of anilines is 1. The Balaban J connectivity index is 1.74. The third-order valence-corrected chi connectivity index (χ3v) is 6.92. The van der Waals surface area contributed by atoms with Gasteiger partial charge in [-0.05, 0) is 32.0 Å². The smallest absolute Gasteiger partial charge is 0.243 e. The second-order valence-corrected chi connectivity index (χ2v) is 9.61. The van der Waals surface area contributed by atoms with Gasteiger partial charge in [-0.1, -0.05) is 24.3 Å². The van der Waals surface area contributed by atoms with Crippen LogP contribution in [-0.2, 0) is 14.8 Å². The molecule has 13 heteroatoms. The lowest BCUT2D eigenvalue weighted by Gasteiger charge is -2.23. The lowest BCUT2D eigenvalue weighted by Crippen LogP contribution is -2.34. The summed E-state index contributed by atoms with van der Waals surface area (Å²) >= 11 is 0. The standard InChI is InChI=1S/C23H24FN7O4S/c1-4-35-20(21-25-13-16(24)14-26-21)15(2)36(32,33)30-23-29-28-22(18-11-8-12-19(27-18)34-3)31(23)17-9-6-5-7-10-17/h5-15,20H,4H2,1-3H3,(H,29,30)/t15-,20-/m0/s1. The molecule has 0 saturated heterocycles. The summed E-state index contributed by atoms with van der Waals surface area (Å²) in [4.78, 5) is 12.2. The monoisotopic (exact) mass is 513 g/mol. The maximum absolute atomic E-state index is 13.4. The number of hydrogen-bond donors (Lipinski definition) is 1. The Kier molecular flexibility index (Phi) is 7.50. The van der Waals surface area contributed by atoms with Gasteiger partial charge < -0.3 is 9.47 Å². The zero-order valence-electron chi connectivity index (χ0n) is 19.7. The van der Waals surface area contributed by atoms with E-state index in [1.807, 2.05) is 6.07 Å². The van der Waals surface area contributed by atoms with E-state index in [1.165, 1.54) is 18.6 Å². The Morgan fingerprint density at radius 2 is 1.78 bits per heavy atom. The molecule has 1 N–H and O–H groups in total. The van der Waals surface area contributed by atoms with E-state index in [4.69, 9.17) is 9.47 Å². The lowest BCUT2D eigenvalue weighted by molar-refractivity contribution is 0.0556. The highest BCUT2D eigenvalue weighted by Gasteiger charge is 2.35. The van der Waals surface area contributed by atoms with Crippen molar-refractivity contribution in [2.24, 2.45) is 0 Å². The Labute approximate surface area is 207 Å². The normalized spacial score (nSPS) is 13.2. The number of ether oxygens (including phenoxy) is 2. The molecule has 3 heterocycles. The molecule has 0 spiro atoms. The van der Waals surface area contributed by atoms with Gasteiger partial charge in [0.15, 0.2) is 17.5 Å². The third kappa shape index (κ3) is 5.31. The fraction of sp³-hybridized carbons (Fsp3) is 0.261. The average Bonchev–Trinajstić information content (AvgIpc) is 3.31. The maximum atomic E-state index is 13.4. The molecule has 0 aliphatic heterocycles. The molecule has 36 heavy (non-hydrogen) atoms. The Morgan fingerprint density at radius 3 is 2.44 bits per heavy atom. The highest BCUT2D eigenvalue weighted by Crippen LogP contribution is 2.28. The summed E-state index contributed by atoms with van der Waals surface area (Å²) in [7, 11) is -2.63. The first-order valence-corrected chi connectivity index (χ1v) is 12.5. The van der Waals surface area contributed by atoms with Gasteiger partial charge in [-0.15, -0.1) is 10.2 Å². The molecule has 188 valence electrons. The summed E-state index contributed by atoms with van der Waals surface area (Å²) in [5, 5.41) is 7.14. The van der Waals surface area contributed by atoms with Gasteiger partial charge in [-0.2, -0.15) is 0 Å². The van der Waals surface area contributed by atoms with Gasteiger partial charge in [0, 0.05) is 12.7 Å². The lowest BCUT2D eigenvalue weighted by atomic mass is 10.2. The third-order valence-electron chi connectivity index (χ3n) is 5.23. The van der Waals surface area contributed by atoms with Crippen molar-refractivity contribution in [2.45, 2.75) is 25.2 Å². The maximum Gasteiger partial charge on any atom is 0.243 e. The van der Waals surface area contributed by atoms with Gasteiger partial charge in [-0.25, -0.2) is 27.8 Å². The molecule has 11 nitrogen and oxygen atoms in total. The van der Waals surface area contributed by atoms with E-state index in [-0.39, 0.29) is 18.4 Å². The molecule has 0 bridgehead atoms. The fourth-order valence-electron chi connectivity index (χ4n) is 3.44. The molecule has 2 atom stereocenters. The van der Waals surface area contributed by atoms with Gasteiger partial charge >= 0.3 is 0 Å². The largest absolute Gasteiger partial charge is 0.481 e. The first kappa shape index (κ1) is 25.1. The van der Waals surface area contributed by atoms with E-state index in [0.29, 0.717) is 23.1 Å². The molecule has 3 aromatic heterocycles. The van der Waals surface area contributed by atoms with Crippen molar-refractivity contribution < 1.29 is 22.3 Å². The SMILES string of the molecule is CCO[C@H](c1ncc(F)cn1)[C@H](C)S(=O)(=O)Nc1nnc(-c2cccc(OC)n2)n1-c1ccccc1. The number of sulfonamides is 1. The van der Waals surface area contributed by atoms with E-state index in [9.17, 15) is 12.8 Å². The van der Waals surface area contributed by atoms with Crippen molar-refractivity contribution in [1.29, 1.82) is 0 Å². The molecule has 0 saturated carbocycles. The second kappa shape index (κ2) is 10.7. The van der Waals surface area contributed by atoms with Crippen molar-refractivity contribution in [1.82, 2.24) is 29.7 Å². The first-order chi connectivity index (χ1) is 17.3. The second-order valence-electron chi connectivity index (χ2n) is 7.57. The van der Waals surface area contributed by atoms with Crippen molar-refractivity contribution in [3.63, 3.8) is 0 Å². The highest BCUT2D eigenvalue weighted by atomic mass is 32.2. The van der Waals surface area contributed by atoms with Crippen LogP contribution in [0, 0.1) is 5.82 Å². The molecule has 0 aliphatic carbocycles. The number of aromatic nitrogens is 6. The van der Waals surface area contributed by atoms with Crippen molar-refractivity contribution in [3.05, 3.63) is 72.6 Å². The van der Waals surface area contributed by atoms with Gasteiger partial charge in [0.2, 0.25) is 21.9 Å². The molecular weight excluding hydrogens is 489 g/mol. The van der Waals surface area contributed by atoms with Crippen LogP contribution in [0.3, 0.4) is 0 Å². The molecular formula is C23H24FN7O4S. The Morgan fingerprint density at radius 1 is 1.06 bits per heavy atom. The van der Waals surface area contributed by atoms with Crippen LogP contribution in [0.25, 0.3) is 17.2 Å². The van der Waals surface area contributed by atoms with Crippen LogP contribution in [0.1, 0.15) is 25.8 Å². The highest BCUT2D eigenvalue weighted by molar-refractivity contribution is 7.93. The molecule has 0 aliphatic rings. The molecule has 0 unspecified atom stereocenters. The van der Waals surface area contributed by atoms with Gasteiger partial charge in [0.1, 0.15) is 17.0 Å². The van der Waals surface area contributed by atoms with Crippen LogP contribution in [0.5, 0.6) is 5.88 Å². The fourth-order valence-corrected chi connectivity index (χ4v) is 4.54. The minimum atomic E-state index is -4.12. The van der Waals surface area contributed by atoms with Crippen LogP contribution >= 0.6 is 0 Å². The summed E-state index contributed by atoms with van der Waals surface area (Å²) in [6.45, 7) is 3.35. The molecule has 4 aromatic rings. The molecule has 0 fully saturated rings. The van der Waals surface area contributed by atoms with E-state index < -0.39 is 27.2 Å². The number of rotatable bonds is 10. The van der Waals surface area contributed by atoms with Gasteiger partial charge in [-0.3, -0.25) is 9.29 Å². The quantitative estimate of drug-likeness (QED) is 0.339. The van der Waals surface area contributed by atoms with Crippen molar-refractivity contribution in [3.8, 4) is 23.1 Å². The minimum absolute atomic E-state index is 0.0434. The van der Waals surface area contributed by atoms with Crippen LogP contribution in [0.2, 0.25) is 0 Å². The minimum Gasteiger partial charge on any atom is -0.481 e. The zero-order valence-corrected chi connectivity index (χ0v) is 20.6. The van der Waals surface area contributed by atoms with Crippen LogP contribution in [0.15, 0.2) is 60.9 Å². The van der Waals surface area contributed by atoms with Gasteiger partial charge in [0.25, 0.3) is 0 Å². The van der Waals surface area contributed by atoms with E-state index >= 15 is 0 Å². The summed E-state index contributed by atoms with van der Waals surface area (Å²) in [6.07, 6.45) is 0.863. The number of benzene rings is 1. The number of hydrogen-bond acceptors (Lipinski definition) is 9. The molecule has 4 rings (SSSR count). The van der Waals surface area contributed by atoms with Gasteiger partial charge in [0.05, 0.1) is 25.2 Å². The Hall–Kier alpha value is -3.97. The Bertz CT molecular complexity index is 1420. The number of para-hydroxylation sites is 1. The first-order valence-electron chi connectivity index (χ1n) is 11.0. The molecule has 0 amide bonds. The van der Waals surface area contributed by atoms with Crippen LogP contribution in [0.4, 0.5) is 10.3 Å². The average molecular weight is 514 g/mol. The summed E-state index contributed by atoms with van der Waals surface area (Å²) in [5.74, 6) is 0.0144. The molecule has 1 aromatic carbocycles. The topological polar surface area (TPSA) is 134 Å². The van der Waals surface area contributed by atoms with Crippen LogP contribution in [-0.4, -0.2) is 57.1 Å². The van der Waals surface area contributed by atoms with E-state index in [1.54, 1.807) is 49.4 Å². The number of halogens is 1. The number of nitrogens with one attached hydrogen (secondary N) is 1. The summed E-state index contributed by atoms with van der Waals surface area (Å²) in [6, 6.07) is 14.1. The number of methoxy groups -OCH3 is 1. The number of nitrogens with zero attached hydrogens (tertiary/aromatic N) is 6. The molecule has 0 radical (unpaired) electrons. The van der Waals surface area contributed by atoms with E-state index in [2.05, 4.69) is 29.9 Å². The zero-order chi connectivity index (χ0) is 25.7.